The Morgan fingerprint density at radius 2 is 2.00 bits per heavy atom. The maximum atomic E-state index is 7.63. The Labute approximate surface area is 95.3 Å². The van der Waals surface area contributed by atoms with E-state index in [1.807, 2.05) is 18.2 Å². The number of hydrogen-bond donors (Lipinski definition) is 0. The highest BCUT2D eigenvalue weighted by Gasteiger charge is 2.13. The summed E-state index contributed by atoms with van der Waals surface area (Å²) in [5.41, 5.74) is 1.16. The minimum Gasteiger partial charge on any atom is -0.493 e. The number of rotatable bonds is 3. The number of hydrogen-bond acceptors (Lipinski definition) is 4. The highest BCUT2D eigenvalue weighted by molar-refractivity contribution is 5.66. The molecule has 0 aliphatic heterocycles. The highest BCUT2D eigenvalue weighted by Crippen LogP contribution is 2.34. The molecule has 0 amide bonds. The number of aromatic nitrogens is 2. The lowest BCUT2D eigenvalue weighted by molar-refractivity contribution is 0.354. The molecule has 0 fully saturated rings. The fraction of sp³-hybridized carbons (Fsp3) is 0.167. The van der Waals surface area contributed by atoms with E-state index < -0.39 is 0 Å². The van der Waals surface area contributed by atoms with Gasteiger partial charge in [0, 0.05) is 18.4 Å². The van der Waals surface area contributed by atoms with E-state index in [1.54, 1.807) is 6.20 Å². The predicted octanol–water partition coefficient (Wildman–Crippen LogP) is 2.16. The van der Waals surface area contributed by atoms with Gasteiger partial charge in [0.1, 0.15) is 5.69 Å². The van der Waals surface area contributed by atoms with Gasteiger partial charge < -0.3 is 9.47 Å². The summed E-state index contributed by atoms with van der Waals surface area (Å²) in [6.07, 6.45) is 1.78. The molecule has 82 valence electrons. The summed E-state index contributed by atoms with van der Waals surface area (Å²) in [5, 5.41) is 0. The van der Waals surface area contributed by atoms with Crippen molar-refractivity contribution < 1.29 is 10.8 Å². The van der Waals surface area contributed by atoms with Crippen LogP contribution in [0.4, 0.5) is 0 Å². The second-order valence-corrected chi connectivity index (χ2v) is 3.05. The summed E-state index contributed by atoms with van der Waals surface area (Å²) in [5.74, 6) is 0.968. The Kier molecular flexibility index (Phi) is 2.64. The normalized spacial score (nSPS) is 10.8. The summed E-state index contributed by atoms with van der Waals surface area (Å²) in [6.45, 7) is 0. The van der Waals surface area contributed by atoms with Gasteiger partial charge in [0.25, 0.3) is 0 Å². The van der Waals surface area contributed by atoms with Gasteiger partial charge in [0.15, 0.2) is 11.5 Å². The molecule has 2 aromatic heterocycles. The van der Waals surface area contributed by atoms with Crippen LogP contribution in [0.15, 0.2) is 36.6 Å². The fourth-order valence-corrected chi connectivity index (χ4v) is 1.41. The van der Waals surface area contributed by atoms with E-state index >= 15 is 0 Å². The molecule has 4 nitrogen and oxygen atoms in total. The van der Waals surface area contributed by atoms with E-state index in [0.717, 1.165) is 0 Å². The lowest BCUT2D eigenvalue weighted by atomic mass is 10.2. The Morgan fingerprint density at radius 1 is 1.12 bits per heavy atom. The molecule has 0 radical (unpaired) electrons. The Balaban J connectivity index is 2.64. The smallest absolute Gasteiger partial charge is 0.188 e. The first-order valence-electron chi connectivity index (χ1n) is 5.27. The van der Waals surface area contributed by atoms with Crippen LogP contribution in [-0.4, -0.2) is 24.2 Å². The third-order valence-corrected chi connectivity index (χ3v) is 2.14. The molecule has 16 heavy (non-hydrogen) atoms. The average molecular weight is 217 g/mol. The number of ether oxygens (including phenoxy) is 2. The van der Waals surface area contributed by atoms with Crippen molar-refractivity contribution in [1.29, 1.82) is 0 Å². The predicted molar refractivity (Wildman–Crippen MR) is 60.6 cm³/mol. The topological polar surface area (TPSA) is 44.2 Å². The molecule has 0 saturated heterocycles. The van der Waals surface area contributed by atoms with Crippen LogP contribution in [0, 0.1) is 0 Å². The maximum Gasteiger partial charge on any atom is 0.188 e. The van der Waals surface area contributed by atoms with E-state index in [9.17, 15) is 0 Å². The zero-order valence-corrected chi connectivity index (χ0v) is 9.10. The fourth-order valence-electron chi connectivity index (χ4n) is 1.41. The van der Waals surface area contributed by atoms with Crippen molar-refractivity contribution in [2.24, 2.45) is 0 Å². The van der Waals surface area contributed by atoms with Crippen molar-refractivity contribution in [2.75, 3.05) is 14.2 Å². The van der Waals surface area contributed by atoms with E-state index in [4.69, 9.17) is 10.8 Å². The van der Waals surface area contributed by atoms with Crippen molar-refractivity contribution in [2.45, 2.75) is 0 Å². The monoisotopic (exact) mass is 217 g/mol. The minimum absolute atomic E-state index is 0.114. The summed E-state index contributed by atoms with van der Waals surface area (Å²) < 4.78 is 18.1. The first-order chi connectivity index (χ1) is 8.26. The zero-order chi connectivity index (χ0) is 12.3. The first kappa shape index (κ1) is 9.15. The maximum absolute atomic E-state index is 7.63. The molecule has 0 N–H and O–H groups in total. The van der Waals surface area contributed by atoms with E-state index in [1.165, 1.54) is 20.3 Å². The highest BCUT2D eigenvalue weighted by atomic mass is 16.5. The van der Waals surface area contributed by atoms with E-state index in [2.05, 4.69) is 9.97 Å². The van der Waals surface area contributed by atoms with Gasteiger partial charge in [-0.15, -0.1) is 0 Å². The van der Waals surface area contributed by atoms with Gasteiger partial charge in [-0.1, -0.05) is 6.07 Å². The Hall–Kier alpha value is -2.10. The van der Waals surface area contributed by atoms with Gasteiger partial charge in [-0.2, -0.15) is 0 Å². The molecule has 0 aromatic carbocycles. The molecule has 0 atom stereocenters. The third-order valence-electron chi connectivity index (χ3n) is 2.14. The van der Waals surface area contributed by atoms with Crippen molar-refractivity contribution in [3.05, 3.63) is 36.6 Å². The molecule has 0 saturated carbocycles. The van der Waals surface area contributed by atoms with Crippen LogP contribution in [0.25, 0.3) is 11.4 Å². The number of nitrogens with zero attached hydrogens (tertiary/aromatic N) is 2. The molecule has 0 aliphatic carbocycles. The van der Waals surface area contributed by atoms with E-state index in [-0.39, 0.29) is 6.17 Å². The van der Waals surface area contributed by atoms with Crippen LogP contribution in [0.1, 0.15) is 1.37 Å². The second-order valence-electron chi connectivity index (χ2n) is 3.05. The molecule has 0 spiro atoms. The minimum atomic E-state index is 0.114. The lowest BCUT2D eigenvalue weighted by Crippen LogP contribution is -1.96. The quantitative estimate of drug-likeness (QED) is 0.790. The molecule has 2 aromatic rings. The largest absolute Gasteiger partial charge is 0.493 e. The lowest BCUT2D eigenvalue weighted by Gasteiger charge is -2.10. The van der Waals surface area contributed by atoms with Gasteiger partial charge in [0.2, 0.25) is 0 Å². The number of pyridine rings is 2. The average Bonchev–Trinajstić information content (AvgIpc) is 2.38. The van der Waals surface area contributed by atoms with Crippen molar-refractivity contribution >= 4 is 0 Å². The molecular weight excluding hydrogens is 204 g/mol. The van der Waals surface area contributed by atoms with Crippen LogP contribution < -0.4 is 9.47 Å². The Bertz CT molecular complexity index is 517. The van der Waals surface area contributed by atoms with Crippen molar-refractivity contribution in [3.8, 4) is 22.9 Å². The van der Waals surface area contributed by atoms with Crippen molar-refractivity contribution in [3.63, 3.8) is 0 Å². The van der Waals surface area contributed by atoms with Gasteiger partial charge in [-0.25, -0.2) is 0 Å². The second kappa shape index (κ2) is 4.61. The summed E-state index contributed by atoms with van der Waals surface area (Å²) >= 11 is 0. The molecular formula is C12H12N2O2. The van der Waals surface area contributed by atoms with Crippen LogP contribution in [0.3, 0.4) is 0 Å². The third kappa shape index (κ3) is 1.82. The summed E-state index contributed by atoms with van der Waals surface area (Å²) in [6, 6.07) is 6.99. The first-order valence-corrected chi connectivity index (χ1v) is 4.77. The molecule has 2 rings (SSSR count). The van der Waals surface area contributed by atoms with Gasteiger partial charge in [-0.3, -0.25) is 9.97 Å². The van der Waals surface area contributed by atoms with Crippen LogP contribution in [-0.2, 0) is 0 Å². The zero-order valence-electron chi connectivity index (χ0n) is 10.1. The van der Waals surface area contributed by atoms with Gasteiger partial charge in [-0.05, 0) is 12.1 Å². The van der Waals surface area contributed by atoms with Gasteiger partial charge >= 0.3 is 0 Å². The molecule has 0 aliphatic rings. The number of methoxy groups -OCH3 is 2. The molecule has 2 heterocycles. The summed E-state index contributed by atoms with van der Waals surface area (Å²) in [4.78, 5) is 8.31. The van der Waals surface area contributed by atoms with E-state index in [0.29, 0.717) is 22.9 Å². The van der Waals surface area contributed by atoms with Crippen molar-refractivity contribution in [1.82, 2.24) is 9.97 Å². The van der Waals surface area contributed by atoms with Crippen LogP contribution in [0.5, 0.6) is 11.5 Å². The molecule has 4 heteroatoms. The summed E-state index contributed by atoms with van der Waals surface area (Å²) in [7, 11) is 3.06. The Morgan fingerprint density at radius 3 is 2.62 bits per heavy atom. The van der Waals surface area contributed by atoms with Crippen LogP contribution >= 0.6 is 0 Å². The molecule has 0 bridgehead atoms. The van der Waals surface area contributed by atoms with Gasteiger partial charge in [0.05, 0.1) is 21.3 Å². The standard InChI is InChI=1S/C12H12N2O2/c1-15-10-6-8-14-11(12(10)16-2)9-5-3-4-7-13-9/h3-8H,1-2H3/i8D. The SMILES string of the molecule is [2H]c1cc(OC)c(OC)c(-c2ccccn2)n1. The molecule has 0 unspecified atom stereocenters. The van der Waals surface area contributed by atoms with Crippen LogP contribution in [0.2, 0.25) is 0 Å².